The first-order valence-corrected chi connectivity index (χ1v) is 5.03. The number of alkyl halides is 1. The second kappa shape index (κ2) is 3.86. The van der Waals surface area contributed by atoms with Gasteiger partial charge in [0.25, 0.3) is 0 Å². The smallest absolute Gasteiger partial charge is 0.172 e. The predicted molar refractivity (Wildman–Crippen MR) is 56.9 cm³/mol. The molecule has 0 aliphatic carbocycles. The summed E-state index contributed by atoms with van der Waals surface area (Å²) < 4.78 is 13.5. The van der Waals surface area contributed by atoms with Crippen molar-refractivity contribution in [2.24, 2.45) is 0 Å². The number of benzene rings is 1. The lowest BCUT2D eigenvalue weighted by atomic mass is 10.1. The minimum absolute atomic E-state index is 0.643. The number of nitrogens with zero attached hydrogens (tertiary/aromatic N) is 1. The lowest BCUT2D eigenvalue weighted by molar-refractivity contribution is 0.266. The van der Waals surface area contributed by atoms with E-state index in [2.05, 4.69) is 0 Å². The minimum Gasteiger partial charge on any atom is -0.399 e. The molecule has 1 aromatic rings. The van der Waals surface area contributed by atoms with E-state index in [1.165, 1.54) is 0 Å². The van der Waals surface area contributed by atoms with Crippen LogP contribution in [0.3, 0.4) is 0 Å². The predicted octanol–water partition coefficient (Wildman–Crippen LogP) is 2.55. The van der Waals surface area contributed by atoms with Crippen molar-refractivity contribution in [3.8, 4) is 0 Å². The molecule has 76 valence electrons. The first-order valence-electron chi connectivity index (χ1n) is 5.03. The van der Waals surface area contributed by atoms with Crippen LogP contribution in [0.5, 0.6) is 0 Å². The van der Waals surface area contributed by atoms with Crippen molar-refractivity contribution < 1.29 is 4.39 Å². The molecule has 2 nitrogen and oxygen atoms in total. The largest absolute Gasteiger partial charge is 0.399 e. The molecule has 2 rings (SSSR count). The van der Waals surface area contributed by atoms with Crippen LogP contribution in [0.2, 0.25) is 0 Å². The van der Waals surface area contributed by atoms with Gasteiger partial charge in [-0.3, -0.25) is 0 Å². The molecule has 1 unspecified atom stereocenters. The van der Waals surface area contributed by atoms with Gasteiger partial charge in [0.1, 0.15) is 0 Å². The lowest BCUT2D eigenvalue weighted by Crippen LogP contribution is -2.36. The molecule has 3 heteroatoms. The quantitative estimate of drug-likeness (QED) is 0.550. The van der Waals surface area contributed by atoms with Crippen molar-refractivity contribution in [3.63, 3.8) is 0 Å². The molecule has 0 aromatic heterocycles. The van der Waals surface area contributed by atoms with Crippen LogP contribution >= 0.6 is 0 Å². The van der Waals surface area contributed by atoms with E-state index < -0.39 is 6.30 Å². The van der Waals surface area contributed by atoms with Crippen molar-refractivity contribution in [2.45, 2.75) is 25.6 Å². The molecular formula is C11H15FN2. The summed E-state index contributed by atoms with van der Waals surface area (Å²) in [4.78, 5) is 1.81. The normalized spacial score (nSPS) is 22.4. The van der Waals surface area contributed by atoms with Crippen LogP contribution in [-0.4, -0.2) is 12.8 Å². The molecule has 0 amide bonds. The number of hydrogen-bond donors (Lipinski definition) is 1. The zero-order valence-electron chi connectivity index (χ0n) is 8.12. The molecule has 2 N–H and O–H groups in total. The number of piperidine rings is 1. The van der Waals surface area contributed by atoms with Crippen molar-refractivity contribution in [3.05, 3.63) is 24.3 Å². The molecular weight excluding hydrogens is 179 g/mol. The summed E-state index contributed by atoms with van der Waals surface area (Å²) in [6, 6.07) is 7.40. The Morgan fingerprint density at radius 2 is 1.93 bits per heavy atom. The number of halogens is 1. The monoisotopic (exact) mass is 194 g/mol. The minimum atomic E-state index is -0.827. The molecule has 0 saturated carbocycles. The zero-order chi connectivity index (χ0) is 9.97. The van der Waals surface area contributed by atoms with Crippen LogP contribution in [0.25, 0.3) is 0 Å². The number of anilines is 2. The van der Waals surface area contributed by atoms with Gasteiger partial charge in [0.2, 0.25) is 0 Å². The molecule has 0 radical (unpaired) electrons. The molecule has 1 heterocycles. The third-order valence-electron chi connectivity index (χ3n) is 2.65. The van der Waals surface area contributed by atoms with E-state index in [0.717, 1.165) is 30.8 Å². The van der Waals surface area contributed by atoms with Gasteiger partial charge in [0, 0.05) is 17.9 Å². The van der Waals surface area contributed by atoms with Gasteiger partial charge >= 0.3 is 0 Å². The SMILES string of the molecule is Nc1ccc(N2CCCCC2F)cc1. The third kappa shape index (κ3) is 1.81. The van der Waals surface area contributed by atoms with Crippen LogP contribution in [0.15, 0.2) is 24.3 Å². The summed E-state index contributed by atoms with van der Waals surface area (Å²) in [6.07, 6.45) is 1.88. The highest BCUT2D eigenvalue weighted by atomic mass is 19.1. The molecule has 1 aliphatic rings. The molecule has 1 aliphatic heterocycles. The second-order valence-corrected chi connectivity index (χ2v) is 3.72. The summed E-state index contributed by atoms with van der Waals surface area (Å²) in [6.45, 7) is 0.811. The molecule has 1 aromatic carbocycles. The van der Waals surface area contributed by atoms with Gasteiger partial charge in [0.05, 0.1) is 0 Å². The fourth-order valence-electron chi connectivity index (χ4n) is 1.85. The number of nitrogens with two attached hydrogens (primary N) is 1. The standard InChI is InChI=1S/C11H15FN2/c12-11-3-1-2-8-14(11)10-6-4-9(13)5-7-10/h4-7,11H,1-3,8,13H2. The Morgan fingerprint density at radius 3 is 2.57 bits per heavy atom. The highest BCUT2D eigenvalue weighted by Crippen LogP contribution is 2.25. The average Bonchev–Trinajstić information content (AvgIpc) is 2.20. The highest BCUT2D eigenvalue weighted by Gasteiger charge is 2.21. The van der Waals surface area contributed by atoms with Crippen LogP contribution in [0, 0.1) is 0 Å². The van der Waals surface area contributed by atoms with Gasteiger partial charge in [-0.25, -0.2) is 4.39 Å². The van der Waals surface area contributed by atoms with Gasteiger partial charge in [0.15, 0.2) is 6.30 Å². The maximum absolute atomic E-state index is 13.5. The van der Waals surface area contributed by atoms with Gasteiger partial charge in [-0.1, -0.05) is 0 Å². The summed E-state index contributed by atoms with van der Waals surface area (Å²) in [5, 5.41) is 0. The lowest BCUT2D eigenvalue weighted by Gasteiger charge is -2.32. The van der Waals surface area contributed by atoms with Gasteiger partial charge in [-0.15, -0.1) is 0 Å². The number of rotatable bonds is 1. The van der Waals surface area contributed by atoms with E-state index in [1.54, 1.807) is 0 Å². The zero-order valence-corrected chi connectivity index (χ0v) is 8.12. The topological polar surface area (TPSA) is 29.3 Å². The van der Waals surface area contributed by atoms with Gasteiger partial charge in [-0.2, -0.15) is 0 Å². The van der Waals surface area contributed by atoms with Crippen molar-refractivity contribution in [1.29, 1.82) is 0 Å². The molecule has 0 bridgehead atoms. The van der Waals surface area contributed by atoms with Crippen LogP contribution in [0.1, 0.15) is 19.3 Å². The maximum Gasteiger partial charge on any atom is 0.172 e. The van der Waals surface area contributed by atoms with E-state index in [4.69, 9.17) is 5.73 Å². The Kier molecular flexibility index (Phi) is 2.57. The third-order valence-corrected chi connectivity index (χ3v) is 2.65. The Balaban J connectivity index is 2.16. The van der Waals surface area contributed by atoms with Crippen LogP contribution in [-0.2, 0) is 0 Å². The summed E-state index contributed by atoms with van der Waals surface area (Å²) in [7, 11) is 0. The van der Waals surface area contributed by atoms with E-state index in [-0.39, 0.29) is 0 Å². The van der Waals surface area contributed by atoms with E-state index >= 15 is 0 Å². The second-order valence-electron chi connectivity index (χ2n) is 3.72. The first-order chi connectivity index (χ1) is 6.77. The van der Waals surface area contributed by atoms with E-state index in [0.29, 0.717) is 6.42 Å². The Labute approximate surface area is 83.5 Å². The van der Waals surface area contributed by atoms with Crippen molar-refractivity contribution in [1.82, 2.24) is 0 Å². The molecule has 1 saturated heterocycles. The fourth-order valence-corrected chi connectivity index (χ4v) is 1.85. The highest BCUT2D eigenvalue weighted by molar-refractivity contribution is 5.53. The van der Waals surface area contributed by atoms with Gasteiger partial charge < -0.3 is 10.6 Å². The van der Waals surface area contributed by atoms with E-state index in [9.17, 15) is 4.39 Å². The van der Waals surface area contributed by atoms with Crippen LogP contribution < -0.4 is 10.6 Å². The fraction of sp³-hybridized carbons (Fsp3) is 0.455. The number of hydrogen-bond acceptors (Lipinski definition) is 2. The average molecular weight is 194 g/mol. The van der Waals surface area contributed by atoms with Gasteiger partial charge in [-0.05, 0) is 43.5 Å². The Morgan fingerprint density at radius 1 is 1.21 bits per heavy atom. The molecule has 1 atom stereocenters. The number of nitrogen functional groups attached to an aromatic ring is 1. The van der Waals surface area contributed by atoms with Crippen molar-refractivity contribution >= 4 is 11.4 Å². The molecule has 14 heavy (non-hydrogen) atoms. The Bertz CT molecular complexity index is 297. The summed E-state index contributed by atoms with van der Waals surface area (Å²) in [5.41, 5.74) is 7.24. The summed E-state index contributed by atoms with van der Waals surface area (Å²) in [5.74, 6) is 0. The molecule has 0 spiro atoms. The van der Waals surface area contributed by atoms with Crippen LogP contribution in [0.4, 0.5) is 15.8 Å². The first kappa shape index (κ1) is 9.31. The maximum atomic E-state index is 13.5. The van der Waals surface area contributed by atoms with Crippen molar-refractivity contribution in [2.75, 3.05) is 17.2 Å². The Hall–Kier alpha value is -1.25. The summed E-state index contributed by atoms with van der Waals surface area (Å²) >= 11 is 0. The van der Waals surface area contributed by atoms with E-state index in [1.807, 2.05) is 29.2 Å². The molecule has 1 fully saturated rings.